The van der Waals surface area contributed by atoms with E-state index in [9.17, 15) is 9.90 Å². The Kier molecular flexibility index (Phi) is 2.75. The maximum atomic E-state index is 11.6. The Balaban J connectivity index is 2.26. The van der Waals surface area contributed by atoms with Gasteiger partial charge in [-0.15, -0.1) is 0 Å². The molecule has 0 radical (unpaired) electrons. The fraction of sp³-hybridized carbons (Fsp3) is 0.917. The molecule has 0 amide bonds. The van der Waals surface area contributed by atoms with Crippen molar-refractivity contribution in [1.29, 1.82) is 0 Å². The monoisotopic (exact) mass is 212 g/mol. The van der Waals surface area contributed by atoms with Crippen LogP contribution < -0.4 is 0 Å². The van der Waals surface area contributed by atoms with Gasteiger partial charge in [0, 0.05) is 6.61 Å². The van der Waals surface area contributed by atoms with E-state index < -0.39 is 11.4 Å². The molecule has 3 unspecified atom stereocenters. The van der Waals surface area contributed by atoms with Gasteiger partial charge in [-0.2, -0.15) is 0 Å². The maximum Gasteiger partial charge on any atom is 0.312 e. The second-order valence-corrected chi connectivity index (χ2v) is 5.03. The van der Waals surface area contributed by atoms with Crippen LogP contribution in [0.15, 0.2) is 0 Å². The highest BCUT2D eigenvalue weighted by Gasteiger charge is 2.58. The zero-order valence-electron chi connectivity index (χ0n) is 9.53. The lowest BCUT2D eigenvalue weighted by atomic mass is 9.68. The Morgan fingerprint density at radius 1 is 1.60 bits per heavy atom. The van der Waals surface area contributed by atoms with Crippen LogP contribution in [0.2, 0.25) is 0 Å². The summed E-state index contributed by atoms with van der Waals surface area (Å²) < 4.78 is 5.70. The highest BCUT2D eigenvalue weighted by atomic mass is 16.5. The summed E-state index contributed by atoms with van der Waals surface area (Å²) in [5.41, 5.74) is -0.601. The minimum atomic E-state index is -0.647. The molecule has 0 bridgehead atoms. The fourth-order valence-electron chi connectivity index (χ4n) is 2.93. The molecule has 86 valence electrons. The minimum absolute atomic E-state index is 0.0232. The van der Waals surface area contributed by atoms with Gasteiger partial charge in [0.05, 0.1) is 11.5 Å². The molecule has 3 heteroatoms. The largest absolute Gasteiger partial charge is 0.481 e. The number of rotatable bonds is 4. The van der Waals surface area contributed by atoms with Crippen molar-refractivity contribution in [2.24, 2.45) is 17.3 Å². The molecule has 1 aliphatic heterocycles. The first-order valence-corrected chi connectivity index (χ1v) is 5.98. The van der Waals surface area contributed by atoms with Crippen LogP contribution in [0.5, 0.6) is 0 Å². The van der Waals surface area contributed by atoms with Gasteiger partial charge in [0.25, 0.3) is 0 Å². The topological polar surface area (TPSA) is 46.5 Å². The quantitative estimate of drug-likeness (QED) is 0.777. The Morgan fingerprint density at radius 3 is 2.73 bits per heavy atom. The molecule has 1 heterocycles. The van der Waals surface area contributed by atoms with Gasteiger partial charge in [-0.1, -0.05) is 20.3 Å². The summed E-state index contributed by atoms with van der Waals surface area (Å²) in [4.78, 5) is 11.6. The molecule has 1 saturated heterocycles. The van der Waals surface area contributed by atoms with Gasteiger partial charge in [-0.05, 0) is 31.1 Å². The van der Waals surface area contributed by atoms with Crippen molar-refractivity contribution in [3.8, 4) is 0 Å². The first-order valence-electron chi connectivity index (χ1n) is 5.98. The molecule has 2 rings (SSSR count). The second-order valence-electron chi connectivity index (χ2n) is 5.03. The molecule has 0 aromatic heterocycles. The van der Waals surface area contributed by atoms with Crippen LogP contribution in [0.4, 0.5) is 0 Å². The Morgan fingerprint density at radius 2 is 2.27 bits per heavy atom. The first-order chi connectivity index (χ1) is 7.13. The predicted molar refractivity (Wildman–Crippen MR) is 56.6 cm³/mol. The van der Waals surface area contributed by atoms with Gasteiger partial charge in [-0.25, -0.2) is 0 Å². The van der Waals surface area contributed by atoms with Gasteiger partial charge >= 0.3 is 5.97 Å². The van der Waals surface area contributed by atoms with E-state index in [1.54, 1.807) is 0 Å². The van der Waals surface area contributed by atoms with Crippen LogP contribution in [-0.4, -0.2) is 23.8 Å². The lowest BCUT2D eigenvalue weighted by Gasteiger charge is -2.35. The zero-order chi connectivity index (χ0) is 11.1. The highest BCUT2D eigenvalue weighted by Crippen LogP contribution is 2.52. The van der Waals surface area contributed by atoms with E-state index in [0.29, 0.717) is 18.9 Å². The van der Waals surface area contributed by atoms with Gasteiger partial charge in [-0.3, -0.25) is 4.79 Å². The van der Waals surface area contributed by atoms with Crippen LogP contribution in [0.1, 0.15) is 39.5 Å². The third-order valence-electron chi connectivity index (χ3n) is 4.26. The number of carboxylic acid groups (broad SMARTS) is 1. The summed E-state index contributed by atoms with van der Waals surface area (Å²) >= 11 is 0. The van der Waals surface area contributed by atoms with E-state index in [0.717, 1.165) is 19.3 Å². The van der Waals surface area contributed by atoms with Crippen LogP contribution in [0.25, 0.3) is 0 Å². The number of ether oxygens (including phenoxy) is 1. The summed E-state index contributed by atoms with van der Waals surface area (Å²) in [5.74, 6) is 0.0759. The van der Waals surface area contributed by atoms with Crippen LogP contribution in [0.3, 0.4) is 0 Å². The van der Waals surface area contributed by atoms with Crippen molar-refractivity contribution < 1.29 is 14.6 Å². The third kappa shape index (κ3) is 1.57. The van der Waals surface area contributed by atoms with E-state index in [-0.39, 0.29) is 12.0 Å². The van der Waals surface area contributed by atoms with E-state index in [4.69, 9.17) is 4.74 Å². The normalized spacial score (nSPS) is 37.9. The lowest BCUT2D eigenvalue weighted by molar-refractivity contribution is -0.157. The molecule has 3 atom stereocenters. The number of hydrogen-bond donors (Lipinski definition) is 1. The first kappa shape index (κ1) is 10.9. The Bertz CT molecular complexity index is 260. The molecular formula is C12H20O3. The Hall–Kier alpha value is -0.570. The van der Waals surface area contributed by atoms with E-state index in [1.165, 1.54) is 0 Å². The number of carbonyl (C=O) groups is 1. The van der Waals surface area contributed by atoms with Gasteiger partial charge < -0.3 is 9.84 Å². The smallest absolute Gasteiger partial charge is 0.312 e. The zero-order valence-corrected chi connectivity index (χ0v) is 9.53. The number of carboxylic acids is 1. The van der Waals surface area contributed by atoms with Crippen molar-refractivity contribution in [2.75, 3.05) is 6.61 Å². The van der Waals surface area contributed by atoms with Gasteiger partial charge in [0.2, 0.25) is 0 Å². The van der Waals surface area contributed by atoms with Crippen LogP contribution in [0, 0.1) is 17.3 Å². The predicted octanol–water partition coefficient (Wildman–Crippen LogP) is 2.30. The Labute approximate surface area is 90.8 Å². The summed E-state index contributed by atoms with van der Waals surface area (Å²) in [6, 6.07) is 0. The average molecular weight is 212 g/mol. The summed E-state index contributed by atoms with van der Waals surface area (Å²) in [5, 5.41) is 9.53. The van der Waals surface area contributed by atoms with Crippen molar-refractivity contribution in [3.63, 3.8) is 0 Å². The summed E-state index contributed by atoms with van der Waals surface area (Å²) in [7, 11) is 0. The van der Waals surface area contributed by atoms with Crippen LogP contribution in [-0.2, 0) is 9.53 Å². The standard InChI is InChI=1S/C12H20O3/c1-3-8(2)12(11(13)14)6-7-15-10(12)9-4-5-9/h8-10H,3-7H2,1-2H3,(H,13,14). The summed E-state index contributed by atoms with van der Waals surface area (Å²) in [6.45, 7) is 4.74. The molecule has 0 aromatic carbocycles. The lowest BCUT2D eigenvalue weighted by Crippen LogP contribution is -2.45. The highest BCUT2D eigenvalue weighted by molar-refractivity contribution is 5.76. The molecule has 0 aromatic rings. The van der Waals surface area contributed by atoms with Crippen LogP contribution >= 0.6 is 0 Å². The van der Waals surface area contributed by atoms with Gasteiger partial charge in [0.15, 0.2) is 0 Å². The molecule has 15 heavy (non-hydrogen) atoms. The minimum Gasteiger partial charge on any atom is -0.481 e. The van der Waals surface area contributed by atoms with Gasteiger partial charge in [0.1, 0.15) is 0 Å². The molecule has 2 aliphatic rings. The SMILES string of the molecule is CCC(C)C1(C(=O)O)CCOC1C1CC1. The summed E-state index contributed by atoms with van der Waals surface area (Å²) in [6.07, 6.45) is 3.88. The molecule has 1 N–H and O–H groups in total. The van der Waals surface area contributed by atoms with E-state index >= 15 is 0 Å². The molecular weight excluding hydrogens is 192 g/mol. The van der Waals surface area contributed by atoms with Crippen molar-refractivity contribution in [1.82, 2.24) is 0 Å². The number of aliphatic carboxylic acids is 1. The van der Waals surface area contributed by atoms with Crippen molar-refractivity contribution >= 4 is 5.97 Å². The molecule has 0 spiro atoms. The fourth-order valence-corrected chi connectivity index (χ4v) is 2.93. The number of hydrogen-bond acceptors (Lipinski definition) is 2. The third-order valence-corrected chi connectivity index (χ3v) is 4.26. The molecule has 1 saturated carbocycles. The van der Waals surface area contributed by atoms with Crippen molar-refractivity contribution in [2.45, 2.75) is 45.6 Å². The van der Waals surface area contributed by atoms with E-state index in [2.05, 4.69) is 13.8 Å². The molecule has 1 aliphatic carbocycles. The molecule has 3 nitrogen and oxygen atoms in total. The average Bonchev–Trinajstić information content (AvgIpc) is 2.96. The maximum absolute atomic E-state index is 11.6. The van der Waals surface area contributed by atoms with E-state index in [1.807, 2.05) is 0 Å². The molecule has 2 fully saturated rings. The second kappa shape index (κ2) is 3.78. The van der Waals surface area contributed by atoms with Crippen molar-refractivity contribution in [3.05, 3.63) is 0 Å².